The van der Waals surface area contributed by atoms with E-state index in [1.165, 1.54) is 122 Å². The lowest BCUT2D eigenvalue weighted by Crippen LogP contribution is -2.17. The van der Waals surface area contributed by atoms with E-state index in [-0.39, 0.29) is 27.1 Å². The lowest BCUT2D eigenvalue weighted by molar-refractivity contribution is 0.546. The SMILES string of the molecule is Cc1nc(C(C)(C)C)c2c(C)c(C)c(C)nc2n1.Cc1nc(C(C)(C)C)c2nc(C)c(C)c(C)c2n1.Cc1nc2c(c(C)c1C)c(C)c(C)c1c(C)c(C(C)(C)C)c(C)nc12.Cc1nc2c(c(C)c1C)c(C)c(C)c1c(C)nc(C(C)(C)C)nc12.Cc1nc2c(c(C)c1C)c(C)c(C)c1nc(C(C)(C)C)nc(C)c12. The molecule has 0 amide bonds. The van der Waals surface area contributed by atoms with Crippen molar-refractivity contribution in [1.29, 1.82) is 0 Å². The van der Waals surface area contributed by atoms with Gasteiger partial charge in [-0.25, -0.2) is 49.8 Å². The molecule has 0 N–H and O–H groups in total. The number of fused-ring (bicyclic) bond motifs is 11. The first-order valence-electron chi connectivity index (χ1n) is 39.0. The number of hydrogen-bond donors (Lipinski definition) is 0. The highest BCUT2D eigenvalue weighted by Crippen LogP contribution is 2.43. The summed E-state index contributed by atoms with van der Waals surface area (Å²) < 4.78 is 0. The molecule has 0 saturated carbocycles. The lowest BCUT2D eigenvalue weighted by Gasteiger charge is -2.26. The summed E-state index contributed by atoms with van der Waals surface area (Å²) in [6.07, 6.45) is 0. The predicted molar refractivity (Wildman–Crippen MR) is 463 cm³/mol. The van der Waals surface area contributed by atoms with E-state index < -0.39 is 0 Å². The molecule has 13 rings (SSSR count). The maximum Gasteiger partial charge on any atom is 0.163 e. The van der Waals surface area contributed by atoms with Gasteiger partial charge < -0.3 is 0 Å². The Bertz CT molecular complexity index is 5930. The van der Waals surface area contributed by atoms with Crippen molar-refractivity contribution in [1.82, 2.24) is 69.8 Å². The summed E-state index contributed by atoms with van der Waals surface area (Å²) in [6.45, 7) is 90.4. The summed E-state index contributed by atoms with van der Waals surface area (Å²) in [4.78, 5) is 67.2. The normalized spacial score (nSPS) is 12.3. The average molecular weight is 1460 g/mol. The molecule has 0 unspecified atom stereocenters. The van der Waals surface area contributed by atoms with Gasteiger partial charge in [-0.1, -0.05) is 104 Å². The largest absolute Gasteiger partial charge is 0.252 e. The standard InChI is InChI=1S/C23H30N2.2C21H27N3.2C15H21N3/c1-11-12(2)18-13(3)14(4)19-15(5)20(23(8,9)10)17(7)25-22(19)21(18)24-16(11)6;1-10-11(2)16-12(3)13(4)18-17(19(16)22-14(10)5)15(6)23-20(24-18)21(7,8)9;1-10-11(2)16-12(3)13(4)17-15(6)23-20(21(7,8)9)24-19(17)18(16)22-14(10)5;1-8-9(2)12-13(16-10(8)3)14(15(5,6)7)18-11(4)17-12;1-8-9(2)12-13(15(5,6)7)17-11(4)18-14(12)16-10(8)3/h1-10H3;2*1-9H3;2*1-7H3. The minimum absolute atomic E-state index is 0.0000874. The number of hydrogen-bond acceptors (Lipinski definition) is 14. The van der Waals surface area contributed by atoms with E-state index in [1.54, 1.807) is 0 Å². The van der Waals surface area contributed by atoms with Crippen LogP contribution in [0.5, 0.6) is 0 Å². The number of benzene rings is 3. The number of aromatic nitrogens is 14. The molecule has 3 aromatic carbocycles. The predicted octanol–water partition coefficient (Wildman–Crippen LogP) is 24.0. The van der Waals surface area contributed by atoms with E-state index >= 15 is 0 Å². The summed E-state index contributed by atoms with van der Waals surface area (Å²) >= 11 is 0. The second-order valence-electron chi connectivity index (χ2n) is 36.7. The van der Waals surface area contributed by atoms with Crippen LogP contribution in [-0.4, -0.2) is 69.8 Å². The zero-order valence-electron chi connectivity index (χ0n) is 74.8. The van der Waals surface area contributed by atoms with Gasteiger partial charge in [-0.15, -0.1) is 0 Å². The van der Waals surface area contributed by atoms with Gasteiger partial charge in [0.2, 0.25) is 0 Å². The first-order chi connectivity index (χ1) is 50.0. The zero-order valence-corrected chi connectivity index (χ0v) is 74.8. The molecule has 0 radical (unpaired) electrons. The van der Waals surface area contributed by atoms with Crippen molar-refractivity contribution < 1.29 is 0 Å². The second kappa shape index (κ2) is 29.7. The van der Waals surface area contributed by atoms with Crippen molar-refractivity contribution in [2.24, 2.45) is 0 Å². The molecule has 109 heavy (non-hydrogen) atoms. The van der Waals surface area contributed by atoms with Crippen LogP contribution >= 0.6 is 0 Å². The van der Waals surface area contributed by atoms with Gasteiger partial charge in [0.1, 0.15) is 34.3 Å². The third-order valence-electron chi connectivity index (χ3n) is 23.4. The molecule has 576 valence electrons. The molecule has 0 aliphatic carbocycles. The molecule has 0 aliphatic rings. The van der Waals surface area contributed by atoms with Crippen molar-refractivity contribution in [2.75, 3.05) is 0 Å². The fraction of sp³-hybridized carbons (Fsp3) is 0.495. The highest BCUT2D eigenvalue weighted by atomic mass is 15.0. The molecule has 14 heteroatoms. The van der Waals surface area contributed by atoms with Crippen LogP contribution in [0.4, 0.5) is 0 Å². The van der Waals surface area contributed by atoms with Crippen molar-refractivity contribution in [3.05, 3.63) is 180 Å². The zero-order chi connectivity index (χ0) is 82.1. The molecule has 0 fully saturated rings. The van der Waals surface area contributed by atoms with E-state index in [0.717, 1.165) is 146 Å². The van der Waals surface area contributed by atoms with Crippen molar-refractivity contribution in [3.63, 3.8) is 0 Å². The Kier molecular flexibility index (Phi) is 22.8. The Morgan fingerprint density at radius 3 is 0.872 bits per heavy atom. The highest BCUT2D eigenvalue weighted by Gasteiger charge is 2.30. The van der Waals surface area contributed by atoms with Gasteiger partial charge in [0.05, 0.1) is 50.2 Å². The van der Waals surface area contributed by atoms with Gasteiger partial charge in [0.25, 0.3) is 0 Å². The van der Waals surface area contributed by atoms with Crippen LogP contribution in [0.3, 0.4) is 0 Å². The summed E-state index contributed by atoms with van der Waals surface area (Å²) in [7, 11) is 0. The Morgan fingerprint density at radius 1 is 0.156 bits per heavy atom. The molecule has 10 heterocycles. The van der Waals surface area contributed by atoms with E-state index in [1.807, 2.05) is 27.7 Å². The lowest BCUT2D eigenvalue weighted by atomic mass is 9.80. The molecule has 0 atom stereocenters. The number of pyridine rings is 6. The Morgan fingerprint density at radius 2 is 0.450 bits per heavy atom. The number of nitrogens with zero attached hydrogens (tertiary/aromatic N) is 14. The molecule has 0 aliphatic heterocycles. The van der Waals surface area contributed by atoms with Gasteiger partial charge in [0.15, 0.2) is 5.65 Å². The van der Waals surface area contributed by atoms with E-state index in [4.69, 9.17) is 44.9 Å². The van der Waals surface area contributed by atoms with Crippen LogP contribution in [0.25, 0.3) is 87.5 Å². The van der Waals surface area contributed by atoms with Gasteiger partial charge in [-0.3, -0.25) is 19.9 Å². The number of aryl methyl sites for hydroxylation is 22. The number of rotatable bonds is 0. The third kappa shape index (κ3) is 15.5. The van der Waals surface area contributed by atoms with Crippen molar-refractivity contribution in [2.45, 2.75) is 318 Å². The fourth-order valence-corrected chi connectivity index (χ4v) is 15.8. The fourth-order valence-electron chi connectivity index (χ4n) is 15.8. The van der Waals surface area contributed by atoms with Gasteiger partial charge >= 0.3 is 0 Å². The quantitative estimate of drug-likeness (QED) is 0.131. The molecular formula is C95H126N14. The molecule has 0 saturated heterocycles. The van der Waals surface area contributed by atoms with Gasteiger partial charge in [-0.2, -0.15) is 0 Å². The van der Waals surface area contributed by atoms with Gasteiger partial charge in [0, 0.05) is 99.2 Å². The maximum absolute atomic E-state index is 5.08. The summed E-state index contributed by atoms with van der Waals surface area (Å²) in [5.41, 5.74) is 42.8. The van der Waals surface area contributed by atoms with E-state index in [2.05, 4.69) is 288 Å². The first-order valence-corrected chi connectivity index (χ1v) is 39.0. The minimum atomic E-state index is -0.0845. The van der Waals surface area contributed by atoms with Gasteiger partial charge in [-0.05, 0) is 292 Å². The second-order valence-corrected chi connectivity index (χ2v) is 36.7. The Hall–Kier alpha value is -9.04. The minimum Gasteiger partial charge on any atom is -0.252 e. The maximum atomic E-state index is 5.08. The van der Waals surface area contributed by atoms with Crippen molar-refractivity contribution in [3.8, 4) is 0 Å². The van der Waals surface area contributed by atoms with Crippen LogP contribution in [0, 0.1) is 187 Å². The summed E-state index contributed by atoms with van der Waals surface area (Å²) in [5.74, 6) is 3.40. The topological polar surface area (TPSA) is 180 Å². The van der Waals surface area contributed by atoms with Crippen LogP contribution in [0.2, 0.25) is 0 Å². The Labute approximate surface area is 651 Å². The molecule has 14 nitrogen and oxygen atoms in total. The first kappa shape index (κ1) is 84.0. The van der Waals surface area contributed by atoms with E-state index in [0.29, 0.717) is 0 Å². The average Bonchev–Trinajstić information content (AvgIpc) is 0.735. The molecule has 0 spiro atoms. The monoisotopic (exact) mass is 1460 g/mol. The molecular weight excluding hydrogens is 1340 g/mol. The van der Waals surface area contributed by atoms with Crippen LogP contribution in [0.15, 0.2) is 0 Å². The van der Waals surface area contributed by atoms with E-state index in [9.17, 15) is 0 Å². The van der Waals surface area contributed by atoms with Crippen molar-refractivity contribution >= 4 is 87.5 Å². The summed E-state index contributed by atoms with van der Waals surface area (Å²) in [5, 5.41) is 8.46. The Balaban J connectivity index is 0.000000158. The van der Waals surface area contributed by atoms with Crippen LogP contribution in [-0.2, 0) is 27.1 Å². The summed E-state index contributed by atoms with van der Waals surface area (Å²) in [6, 6.07) is 0. The third-order valence-corrected chi connectivity index (χ3v) is 23.4. The highest BCUT2D eigenvalue weighted by molar-refractivity contribution is 6.11. The van der Waals surface area contributed by atoms with Crippen LogP contribution in [0.1, 0.15) is 284 Å². The van der Waals surface area contributed by atoms with Crippen LogP contribution < -0.4 is 0 Å². The smallest absolute Gasteiger partial charge is 0.163 e. The molecule has 0 bridgehead atoms. The molecule has 10 aromatic heterocycles. The molecule has 13 aromatic rings.